The second-order valence-corrected chi connectivity index (χ2v) is 11.1. The van der Waals surface area contributed by atoms with Crippen LogP contribution in [0.1, 0.15) is 44.7 Å². The summed E-state index contributed by atoms with van der Waals surface area (Å²) in [4.78, 5) is 13.2. The molecule has 0 saturated heterocycles. The molecular formula is C24H31N5O5S. The van der Waals surface area contributed by atoms with E-state index in [0.29, 0.717) is 41.8 Å². The number of H-pyrrole nitrogens is 1. The lowest BCUT2D eigenvalue weighted by Gasteiger charge is -2.42. The summed E-state index contributed by atoms with van der Waals surface area (Å²) in [7, 11) is -3.72. The Morgan fingerprint density at radius 2 is 1.74 bits per heavy atom. The standard InChI is InChI=1S/C23H29N5O3S.CH2O2/c1-23(2)14-16(15-23)19-13-22(28-27-19)26-21-12-18(11-20(25-21)24-9-6-10-29)32(30,31)17-7-4-3-5-8-17;2-1-3/h3-5,7-8,11-13,16,29H,6,9-10,14-15H2,1-2H3,(H3,24,25,26,27,28);1H,(H,2,3). The zero-order valence-electron chi connectivity index (χ0n) is 19.7. The summed E-state index contributed by atoms with van der Waals surface area (Å²) in [5, 5.41) is 29.6. The maximum absolute atomic E-state index is 13.2. The third-order valence-electron chi connectivity index (χ3n) is 5.70. The van der Waals surface area contributed by atoms with E-state index in [0.717, 1.165) is 18.5 Å². The fourth-order valence-corrected chi connectivity index (χ4v) is 5.40. The molecule has 5 N–H and O–H groups in total. The van der Waals surface area contributed by atoms with Gasteiger partial charge in [-0.25, -0.2) is 13.4 Å². The minimum absolute atomic E-state index is 0.0358. The van der Waals surface area contributed by atoms with E-state index < -0.39 is 9.84 Å². The molecule has 4 rings (SSSR count). The molecule has 1 aliphatic carbocycles. The van der Waals surface area contributed by atoms with Crippen molar-refractivity contribution in [2.24, 2.45) is 5.41 Å². The van der Waals surface area contributed by atoms with Crippen LogP contribution in [0.15, 0.2) is 58.3 Å². The Morgan fingerprint density at radius 3 is 2.37 bits per heavy atom. The van der Waals surface area contributed by atoms with E-state index in [-0.39, 0.29) is 22.9 Å². The number of aliphatic hydroxyl groups is 1. The number of nitrogens with one attached hydrogen (secondary N) is 3. The number of anilines is 3. The molecule has 11 heteroatoms. The normalized spacial score (nSPS) is 14.8. The Labute approximate surface area is 204 Å². The smallest absolute Gasteiger partial charge is 0.290 e. The molecule has 0 radical (unpaired) electrons. The van der Waals surface area contributed by atoms with Crippen LogP contribution in [-0.4, -0.2) is 53.4 Å². The molecule has 0 bridgehead atoms. The number of hydrogen-bond donors (Lipinski definition) is 5. The van der Waals surface area contributed by atoms with Crippen LogP contribution in [0.5, 0.6) is 0 Å². The van der Waals surface area contributed by atoms with Gasteiger partial charge in [-0.05, 0) is 42.9 Å². The minimum atomic E-state index is -3.72. The molecule has 35 heavy (non-hydrogen) atoms. The van der Waals surface area contributed by atoms with Crippen molar-refractivity contribution < 1.29 is 23.4 Å². The summed E-state index contributed by atoms with van der Waals surface area (Å²) in [6.07, 6.45) is 2.74. The van der Waals surface area contributed by atoms with E-state index in [9.17, 15) is 8.42 Å². The highest BCUT2D eigenvalue weighted by atomic mass is 32.2. The molecular weight excluding hydrogens is 470 g/mol. The fourth-order valence-electron chi connectivity index (χ4n) is 4.08. The van der Waals surface area contributed by atoms with Crippen LogP contribution in [-0.2, 0) is 14.6 Å². The van der Waals surface area contributed by atoms with Crippen molar-refractivity contribution in [2.45, 2.75) is 48.8 Å². The van der Waals surface area contributed by atoms with Crippen molar-refractivity contribution in [1.82, 2.24) is 15.2 Å². The number of hydrogen-bond acceptors (Lipinski definition) is 8. The summed E-state index contributed by atoms with van der Waals surface area (Å²) in [6, 6.07) is 13.3. The van der Waals surface area contributed by atoms with Gasteiger partial charge < -0.3 is 20.8 Å². The molecule has 2 aromatic heterocycles. The Hall–Kier alpha value is -3.44. The van der Waals surface area contributed by atoms with E-state index in [4.69, 9.17) is 15.0 Å². The molecule has 188 valence electrons. The summed E-state index contributed by atoms with van der Waals surface area (Å²) in [6.45, 7) is 4.77. The fraction of sp³-hybridized carbons (Fsp3) is 0.375. The van der Waals surface area contributed by atoms with Crippen LogP contribution >= 0.6 is 0 Å². The van der Waals surface area contributed by atoms with Crippen LogP contribution in [0, 0.1) is 5.41 Å². The number of rotatable bonds is 9. The number of sulfone groups is 1. The van der Waals surface area contributed by atoms with Gasteiger partial charge in [0.25, 0.3) is 6.47 Å². The number of pyridine rings is 1. The highest BCUT2D eigenvalue weighted by molar-refractivity contribution is 7.91. The Bertz CT molecular complexity index is 1220. The lowest BCUT2D eigenvalue weighted by Crippen LogP contribution is -2.29. The summed E-state index contributed by atoms with van der Waals surface area (Å²) < 4.78 is 26.4. The Balaban J connectivity index is 0.00000108. The van der Waals surface area contributed by atoms with E-state index in [1.165, 1.54) is 12.1 Å². The van der Waals surface area contributed by atoms with E-state index in [2.05, 4.69) is 39.7 Å². The minimum Gasteiger partial charge on any atom is -0.483 e. The van der Waals surface area contributed by atoms with Gasteiger partial charge in [-0.2, -0.15) is 5.10 Å². The number of nitrogens with zero attached hydrogens (tertiary/aromatic N) is 2. The zero-order valence-corrected chi connectivity index (χ0v) is 20.5. The zero-order chi connectivity index (χ0) is 25.5. The van der Waals surface area contributed by atoms with Crippen LogP contribution in [0.25, 0.3) is 0 Å². The van der Waals surface area contributed by atoms with Crippen LogP contribution < -0.4 is 10.6 Å². The monoisotopic (exact) mass is 501 g/mol. The Morgan fingerprint density at radius 1 is 1.09 bits per heavy atom. The lowest BCUT2D eigenvalue weighted by atomic mass is 9.63. The number of carbonyl (C=O) groups is 1. The van der Waals surface area contributed by atoms with Gasteiger partial charge in [0, 0.05) is 36.9 Å². The second kappa shape index (κ2) is 11.3. The first-order valence-electron chi connectivity index (χ1n) is 11.3. The van der Waals surface area contributed by atoms with E-state index in [1.807, 2.05) is 6.07 Å². The topological polar surface area (TPSA) is 157 Å². The van der Waals surface area contributed by atoms with Crippen molar-refractivity contribution in [2.75, 3.05) is 23.8 Å². The predicted octanol–water partition coefficient (Wildman–Crippen LogP) is 3.78. The maximum atomic E-state index is 13.2. The lowest BCUT2D eigenvalue weighted by molar-refractivity contribution is -0.122. The SMILES string of the molecule is CC1(C)CC(c2cc(Nc3cc(S(=O)(=O)c4ccccc4)cc(NCCCO)n3)n[nH]2)C1.O=CO. The molecule has 0 spiro atoms. The molecule has 3 aromatic rings. The van der Waals surface area contributed by atoms with Gasteiger partial charge in [-0.1, -0.05) is 32.0 Å². The van der Waals surface area contributed by atoms with Gasteiger partial charge in [0.05, 0.1) is 9.79 Å². The molecule has 2 heterocycles. The van der Waals surface area contributed by atoms with Gasteiger partial charge in [-0.15, -0.1) is 0 Å². The number of aromatic amines is 1. The second-order valence-electron chi connectivity index (χ2n) is 9.10. The number of aliphatic hydroxyl groups excluding tert-OH is 1. The molecule has 1 fully saturated rings. The van der Waals surface area contributed by atoms with Crippen LogP contribution in [0.2, 0.25) is 0 Å². The average Bonchev–Trinajstić information content (AvgIpc) is 3.26. The summed E-state index contributed by atoms with van der Waals surface area (Å²) in [5.74, 6) is 1.84. The Kier molecular flexibility index (Phi) is 8.47. The van der Waals surface area contributed by atoms with Crippen molar-refractivity contribution in [3.8, 4) is 0 Å². The molecule has 0 atom stereocenters. The van der Waals surface area contributed by atoms with E-state index in [1.54, 1.807) is 30.3 Å². The third kappa shape index (κ3) is 6.80. The molecule has 10 nitrogen and oxygen atoms in total. The third-order valence-corrected chi connectivity index (χ3v) is 7.44. The molecule has 1 aliphatic rings. The first-order valence-corrected chi connectivity index (χ1v) is 12.7. The van der Waals surface area contributed by atoms with Crippen molar-refractivity contribution in [3.05, 3.63) is 54.2 Å². The molecule has 1 saturated carbocycles. The highest BCUT2D eigenvalue weighted by Crippen LogP contribution is 2.50. The first-order chi connectivity index (χ1) is 16.7. The average molecular weight is 502 g/mol. The molecule has 0 unspecified atom stereocenters. The van der Waals surface area contributed by atoms with Crippen molar-refractivity contribution in [1.29, 1.82) is 0 Å². The predicted molar refractivity (Wildman–Crippen MR) is 133 cm³/mol. The van der Waals surface area contributed by atoms with Crippen molar-refractivity contribution >= 4 is 33.8 Å². The quantitative estimate of drug-likeness (QED) is 0.217. The highest BCUT2D eigenvalue weighted by Gasteiger charge is 2.37. The number of carboxylic acid groups (broad SMARTS) is 1. The molecule has 1 aromatic carbocycles. The largest absolute Gasteiger partial charge is 0.483 e. The van der Waals surface area contributed by atoms with Gasteiger partial charge >= 0.3 is 0 Å². The van der Waals surface area contributed by atoms with Crippen molar-refractivity contribution in [3.63, 3.8) is 0 Å². The molecule has 0 amide bonds. The first kappa shape index (κ1) is 26.2. The number of benzene rings is 1. The van der Waals surface area contributed by atoms with Gasteiger partial charge in [0.2, 0.25) is 9.84 Å². The van der Waals surface area contributed by atoms with E-state index >= 15 is 0 Å². The van der Waals surface area contributed by atoms with Gasteiger partial charge in [-0.3, -0.25) is 9.89 Å². The van der Waals surface area contributed by atoms with Gasteiger partial charge in [0.1, 0.15) is 11.6 Å². The van der Waals surface area contributed by atoms with Crippen LogP contribution in [0.3, 0.4) is 0 Å². The number of aromatic nitrogens is 3. The molecule has 0 aliphatic heterocycles. The summed E-state index contributed by atoms with van der Waals surface area (Å²) >= 11 is 0. The van der Waals surface area contributed by atoms with Gasteiger partial charge in [0.15, 0.2) is 5.82 Å². The maximum Gasteiger partial charge on any atom is 0.290 e. The van der Waals surface area contributed by atoms with Crippen LogP contribution in [0.4, 0.5) is 17.5 Å². The summed E-state index contributed by atoms with van der Waals surface area (Å²) in [5.41, 5.74) is 1.43.